The van der Waals surface area contributed by atoms with E-state index >= 15 is 0 Å². The van der Waals surface area contributed by atoms with E-state index < -0.39 is 23.5 Å². The summed E-state index contributed by atoms with van der Waals surface area (Å²) in [5.41, 5.74) is 2.16. The van der Waals surface area contributed by atoms with Gasteiger partial charge < -0.3 is 10.0 Å². The first-order chi connectivity index (χ1) is 13.9. The third-order valence-electron chi connectivity index (χ3n) is 5.30. The maximum atomic E-state index is 13.5. The number of amides is 1. The van der Waals surface area contributed by atoms with E-state index in [9.17, 15) is 19.1 Å². The second-order valence-electron chi connectivity index (χ2n) is 7.47. The monoisotopic (exact) mass is 395 g/mol. The van der Waals surface area contributed by atoms with Gasteiger partial charge in [0.1, 0.15) is 11.6 Å². The smallest absolute Gasteiger partial charge is 0.295 e. The van der Waals surface area contributed by atoms with E-state index in [1.54, 1.807) is 24.3 Å². The quantitative estimate of drug-likeness (QED) is 0.306. The number of likely N-dealkylation sites (tertiary alicyclic amines) is 1. The Labute approximate surface area is 170 Å². The zero-order chi connectivity index (χ0) is 21.0. The number of hydrogen-bond acceptors (Lipinski definition) is 3. The first-order valence-corrected chi connectivity index (χ1v) is 10.0. The Balaban J connectivity index is 2.05. The molecule has 4 nitrogen and oxygen atoms in total. The van der Waals surface area contributed by atoms with Gasteiger partial charge in [0.15, 0.2) is 0 Å². The fraction of sp³-hybridized carbons (Fsp3) is 0.333. The fourth-order valence-electron chi connectivity index (χ4n) is 3.68. The molecule has 0 spiro atoms. The Morgan fingerprint density at radius 2 is 1.66 bits per heavy atom. The molecule has 1 saturated heterocycles. The van der Waals surface area contributed by atoms with Gasteiger partial charge in [0, 0.05) is 12.1 Å². The number of Topliss-reactive ketones (excluding diaryl/α,β-unsaturated/α-hetero) is 1. The molecule has 1 amide bonds. The molecule has 1 aliphatic rings. The van der Waals surface area contributed by atoms with Gasteiger partial charge in [-0.1, -0.05) is 68.1 Å². The molecule has 1 heterocycles. The number of hydrogen-bond donors (Lipinski definition) is 1. The minimum absolute atomic E-state index is 0.0564. The van der Waals surface area contributed by atoms with Crippen LogP contribution in [0.1, 0.15) is 55.3 Å². The number of benzene rings is 2. The maximum absolute atomic E-state index is 13.5. The minimum Gasteiger partial charge on any atom is -0.507 e. The lowest BCUT2D eigenvalue weighted by Crippen LogP contribution is -2.30. The molecule has 0 saturated carbocycles. The summed E-state index contributed by atoms with van der Waals surface area (Å²) in [4.78, 5) is 27.1. The largest absolute Gasteiger partial charge is 0.507 e. The second-order valence-corrected chi connectivity index (χ2v) is 7.47. The van der Waals surface area contributed by atoms with Crippen molar-refractivity contribution in [1.82, 2.24) is 4.90 Å². The Morgan fingerprint density at radius 3 is 2.28 bits per heavy atom. The standard InChI is InChI=1S/C24H26FNO3/c1-3-4-5-6-15-26-21(17-11-13-19(25)14-12-17)20(23(28)24(26)29)22(27)18-9-7-16(2)8-10-18/h7-14,21,27H,3-6,15H2,1-2H3/t21-/m1/s1. The number of nitrogens with zero attached hydrogens (tertiary/aromatic N) is 1. The Morgan fingerprint density at radius 1 is 1.00 bits per heavy atom. The highest BCUT2D eigenvalue weighted by Gasteiger charge is 2.45. The molecule has 0 bridgehead atoms. The van der Waals surface area contributed by atoms with E-state index in [1.807, 2.05) is 19.1 Å². The van der Waals surface area contributed by atoms with Crippen LogP contribution in [0.5, 0.6) is 0 Å². The normalized spacial score (nSPS) is 18.4. The average Bonchev–Trinajstić information content (AvgIpc) is 2.96. The van der Waals surface area contributed by atoms with Gasteiger partial charge in [0.05, 0.1) is 11.6 Å². The first kappa shape index (κ1) is 20.8. The number of halogens is 1. The number of unbranched alkanes of at least 4 members (excludes halogenated alkanes) is 3. The van der Waals surface area contributed by atoms with Crippen LogP contribution >= 0.6 is 0 Å². The summed E-state index contributed by atoms with van der Waals surface area (Å²) in [7, 11) is 0. The SMILES string of the molecule is CCCCCCN1C(=O)C(=O)C(=C(O)c2ccc(C)cc2)[C@H]1c1ccc(F)cc1. The zero-order valence-corrected chi connectivity index (χ0v) is 16.8. The average molecular weight is 395 g/mol. The number of carbonyl (C=O) groups excluding carboxylic acids is 2. The van der Waals surface area contributed by atoms with Gasteiger partial charge in [0.2, 0.25) is 0 Å². The molecule has 29 heavy (non-hydrogen) atoms. The Hall–Kier alpha value is -2.95. The second kappa shape index (κ2) is 9.03. The van der Waals surface area contributed by atoms with Crippen LogP contribution in [0, 0.1) is 12.7 Å². The van der Waals surface area contributed by atoms with Crippen molar-refractivity contribution in [2.75, 3.05) is 6.54 Å². The van der Waals surface area contributed by atoms with Crippen LogP contribution in [0.4, 0.5) is 4.39 Å². The number of aliphatic hydroxyl groups excluding tert-OH is 1. The van der Waals surface area contributed by atoms with Gasteiger partial charge in [-0.15, -0.1) is 0 Å². The zero-order valence-electron chi connectivity index (χ0n) is 16.8. The molecule has 0 unspecified atom stereocenters. The Kier molecular flexibility index (Phi) is 6.47. The van der Waals surface area contributed by atoms with Crippen LogP contribution in [0.3, 0.4) is 0 Å². The van der Waals surface area contributed by atoms with Crippen molar-refractivity contribution >= 4 is 17.4 Å². The molecule has 152 valence electrons. The third kappa shape index (κ3) is 4.39. The van der Waals surface area contributed by atoms with Crippen molar-refractivity contribution in [3.63, 3.8) is 0 Å². The lowest BCUT2D eigenvalue weighted by Gasteiger charge is -2.25. The van der Waals surface area contributed by atoms with Crippen molar-refractivity contribution in [2.45, 2.75) is 45.6 Å². The molecule has 1 aliphatic heterocycles. The number of aliphatic hydroxyl groups is 1. The maximum Gasteiger partial charge on any atom is 0.295 e. The van der Waals surface area contributed by atoms with Crippen LogP contribution in [0.25, 0.3) is 5.76 Å². The third-order valence-corrected chi connectivity index (χ3v) is 5.30. The summed E-state index contributed by atoms with van der Waals surface area (Å²) < 4.78 is 13.5. The fourth-order valence-corrected chi connectivity index (χ4v) is 3.68. The summed E-state index contributed by atoms with van der Waals surface area (Å²) in [5.74, 6) is -1.92. The highest BCUT2D eigenvalue weighted by Crippen LogP contribution is 2.39. The van der Waals surface area contributed by atoms with Crippen LogP contribution in [-0.2, 0) is 9.59 Å². The lowest BCUT2D eigenvalue weighted by atomic mass is 9.95. The first-order valence-electron chi connectivity index (χ1n) is 10.0. The summed E-state index contributed by atoms with van der Waals surface area (Å²) in [5, 5.41) is 10.9. The van der Waals surface area contributed by atoms with Crippen LogP contribution < -0.4 is 0 Å². The van der Waals surface area contributed by atoms with Gasteiger partial charge in [-0.05, 0) is 31.0 Å². The molecule has 2 aromatic carbocycles. The molecule has 1 atom stereocenters. The molecule has 0 aliphatic carbocycles. The number of carbonyl (C=O) groups is 2. The minimum atomic E-state index is -0.724. The van der Waals surface area contributed by atoms with Gasteiger partial charge in [-0.3, -0.25) is 9.59 Å². The van der Waals surface area contributed by atoms with E-state index in [-0.39, 0.29) is 11.3 Å². The van der Waals surface area contributed by atoms with Crippen LogP contribution in [0.2, 0.25) is 0 Å². The molecule has 1 N–H and O–H groups in total. The summed E-state index contributed by atoms with van der Waals surface area (Å²) in [6, 6.07) is 12.1. The van der Waals surface area contributed by atoms with Crippen LogP contribution in [0.15, 0.2) is 54.1 Å². The summed E-state index contributed by atoms with van der Waals surface area (Å²) >= 11 is 0. The molecular weight excluding hydrogens is 369 g/mol. The van der Waals surface area contributed by atoms with Gasteiger partial charge in [-0.2, -0.15) is 0 Å². The summed E-state index contributed by atoms with van der Waals surface area (Å²) in [6.45, 7) is 4.45. The molecule has 0 radical (unpaired) electrons. The van der Waals surface area contributed by atoms with E-state index in [0.29, 0.717) is 17.7 Å². The number of rotatable bonds is 7. The van der Waals surface area contributed by atoms with Crippen molar-refractivity contribution in [3.05, 3.63) is 76.6 Å². The van der Waals surface area contributed by atoms with E-state index in [4.69, 9.17) is 0 Å². The van der Waals surface area contributed by atoms with Crippen molar-refractivity contribution in [1.29, 1.82) is 0 Å². The Bertz CT molecular complexity index is 916. The van der Waals surface area contributed by atoms with Gasteiger partial charge >= 0.3 is 0 Å². The predicted octanol–water partition coefficient (Wildman–Crippen LogP) is 5.14. The molecule has 5 heteroatoms. The molecule has 1 fully saturated rings. The highest BCUT2D eigenvalue weighted by atomic mass is 19.1. The highest BCUT2D eigenvalue weighted by molar-refractivity contribution is 6.46. The molecular formula is C24H26FNO3. The van der Waals surface area contributed by atoms with Crippen LogP contribution in [-0.4, -0.2) is 28.2 Å². The van der Waals surface area contributed by atoms with Crippen molar-refractivity contribution in [3.8, 4) is 0 Å². The molecule has 2 aromatic rings. The molecule has 0 aromatic heterocycles. The number of aryl methyl sites for hydroxylation is 1. The van der Waals surface area contributed by atoms with Crippen molar-refractivity contribution < 1.29 is 19.1 Å². The van der Waals surface area contributed by atoms with Crippen molar-refractivity contribution in [2.24, 2.45) is 0 Å². The summed E-state index contributed by atoms with van der Waals surface area (Å²) in [6.07, 6.45) is 3.83. The van der Waals surface area contributed by atoms with Gasteiger partial charge in [-0.25, -0.2) is 4.39 Å². The topological polar surface area (TPSA) is 57.6 Å². The van der Waals surface area contributed by atoms with E-state index in [0.717, 1.165) is 31.2 Å². The van der Waals surface area contributed by atoms with E-state index in [1.165, 1.54) is 17.0 Å². The predicted molar refractivity (Wildman–Crippen MR) is 111 cm³/mol. The number of ketones is 1. The molecule has 3 rings (SSSR count). The van der Waals surface area contributed by atoms with E-state index in [2.05, 4.69) is 6.92 Å². The lowest BCUT2D eigenvalue weighted by molar-refractivity contribution is -0.139. The van der Waals surface area contributed by atoms with Gasteiger partial charge in [0.25, 0.3) is 11.7 Å².